The lowest BCUT2D eigenvalue weighted by atomic mass is 10.0. The molecule has 0 aliphatic carbocycles. The first-order valence-electron chi connectivity index (χ1n) is 10.7. The van der Waals surface area contributed by atoms with Crippen LogP contribution in [0.5, 0.6) is 0 Å². The number of thioether (sulfide) groups is 2. The fourth-order valence-corrected chi connectivity index (χ4v) is 5.66. The van der Waals surface area contributed by atoms with E-state index < -0.39 is 11.9 Å². The van der Waals surface area contributed by atoms with E-state index in [1.54, 1.807) is 23.5 Å². The number of carboxylic acid groups (broad SMARTS) is 2. The van der Waals surface area contributed by atoms with E-state index in [2.05, 4.69) is 6.92 Å². The third-order valence-electron chi connectivity index (χ3n) is 4.53. The number of carboxylic acids is 2. The van der Waals surface area contributed by atoms with Gasteiger partial charge in [0, 0.05) is 11.5 Å². The van der Waals surface area contributed by atoms with E-state index in [4.69, 9.17) is 10.2 Å². The van der Waals surface area contributed by atoms with Gasteiger partial charge in [-0.2, -0.15) is 0 Å². The molecular weight excluding hydrogens is 380 g/mol. The van der Waals surface area contributed by atoms with Crippen LogP contribution in [0.3, 0.4) is 0 Å². The Hall–Kier alpha value is -0.360. The molecule has 160 valence electrons. The van der Waals surface area contributed by atoms with Crippen LogP contribution in [-0.4, -0.2) is 38.2 Å². The Kier molecular flexibility index (Phi) is 20.1. The van der Waals surface area contributed by atoms with Crippen LogP contribution in [0.4, 0.5) is 0 Å². The summed E-state index contributed by atoms with van der Waals surface area (Å²) in [6, 6.07) is 0. The molecule has 27 heavy (non-hydrogen) atoms. The van der Waals surface area contributed by atoms with E-state index in [0.29, 0.717) is 16.1 Å². The summed E-state index contributed by atoms with van der Waals surface area (Å²) >= 11 is 3.35. The maximum absolute atomic E-state index is 10.7. The zero-order chi connectivity index (χ0) is 20.2. The third-order valence-corrected chi connectivity index (χ3v) is 7.44. The van der Waals surface area contributed by atoms with Crippen molar-refractivity contribution in [3.8, 4) is 0 Å². The minimum absolute atomic E-state index is 0.180. The Balaban J connectivity index is 3.63. The topological polar surface area (TPSA) is 74.6 Å². The lowest BCUT2D eigenvalue weighted by molar-refractivity contribution is -0.137. The number of unbranched alkanes of at least 4 members (excludes halogenated alkanes) is 11. The summed E-state index contributed by atoms with van der Waals surface area (Å²) in [5.41, 5.74) is 0. The third kappa shape index (κ3) is 21.8. The number of aliphatic carboxylic acids is 2. The second-order valence-corrected chi connectivity index (χ2v) is 10.1. The second-order valence-electron chi connectivity index (χ2n) is 7.14. The van der Waals surface area contributed by atoms with Crippen LogP contribution in [0.1, 0.15) is 103 Å². The van der Waals surface area contributed by atoms with Crippen molar-refractivity contribution in [2.75, 3.05) is 11.5 Å². The lowest BCUT2D eigenvalue weighted by Gasteiger charge is -2.15. The summed E-state index contributed by atoms with van der Waals surface area (Å²) in [5.74, 6) is -0.305. The number of rotatable bonds is 21. The summed E-state index contributed by atoms with van der Waals surface area (Å²) in [6.07, 6.45) is 17.4. The van der Waals surface area contributed by atoms with Gasteiger partial charge in [-0.25, -0.2) is 0 Å². The van der Waals surface area contributed by atoms with Gasteiger partial charge < -0.3 is 10.2 Å². The van der Waals surface area contributed by atoms with E-state index in [1.807, 2.05) is 0 Å². The molecule has 0 rings (SSSR count). The van der Waals surface area contributed by atoms with Crippen LogP contribution in [-0.2, 0) is 9.59 Å². The van der Waals surface area contributed by atoms with Gasteiger partial charge in [-0.3, -0.25) is 9.59 Å². The van der Waals surface area contributed by atoms with E-state index >= 15 is 0 Å². The highest BCUT2D eigenvalue weighted by Crippen LogP contribution is 2.30. The van der Waals surface area contributed by atoms with Crippen LogP contribution in [0.25, 0.3) is 0 Å². The molecule has 0 spiro atoms. The summed E-state index contributed by atoms with van der Waals surface area (Å²) in [6.45, 7) is 2.26. The maximum atomic E-state index is 10.7. The molecule has 0 bridgehead atoms. The van der Waals surface area contributed by atoms with Crippen molar-refractivity contribution in [3.05, 3.63) is 0 Å². The highest BCUT2D eigenvalue weighted by Gasteiger charge is 2.11. The van der Waals surface area contributed by atoms with Crippen LogP contribution in [0.15, 0.2) is 0 Å². The highest BCUT2D eigenvalue weighted by molar-refractivity contribution is 8.17. The fraction of sp³-hybridized carbons (Fsp3) is 0.905. The first-order chi connectivity index (χ1) is 13.1. The van der Waals surface area contributed by atoms with Gasteiger partial charge in [0.25, 0.3) is 0 Å². The van der Waals surface area contributed by atoms with Crippen LogP contribution in [0, 0.1) is 0 Å². The van der Waals surface area contributed by atoms with Gasteiger partial charge in [0.1, 0.15) is 0 Å². The zero-order valence-corrected chi connectivity index (χ0v) is 18.8. The van der Waals surface area contributed by atoms with Gasteiger partial charge in [0.05, 0.1) is 17.4 Å². The smallest absolute Gasteiger partial charge is 0.304 e. The average molecular weight is 421 g/mol. The summed E-state index contributed by atoms with van der Waals surface area (Å²) < 4.78 is 0.326. The highest BCUT2D eigenvalue weighted by atomic mass is 32.2. The molecule has 0 aliphatic rings. The monoisotopic (exact) mass is 420 g/mol. The summed E-state index contributed by atoms with van der Waals surface area (Å²) in [5, 5.41) is 17.5. The molecule has 0 heterocycles. The molecule has 0 saturated heterocycles. The zero-order valence-electron chi connectivity index (χ0n) is 17.1. The molecule has 0 fully saturated rings. The van der Waals surface area contributed by atoms with Gasteiger partial charge >= 0.3 is 11.9 Å². The molecule has 0 aromatic heterocycles. The summed E-state index contributed by atoms with van der Waals surface area (Å²) in [7, 11) is 0. The Morgan fingerprint density at radius 1 is 0.667 bits per heavy atom. The SMILES string of the molecule is CCCCCCCCCCCCCCC(SCCC(=O)O)SCCC(=O)O. The second kappa shape index (κ2) is 20.4. The maximum Gasteiger partial charge on any atom is 0.304 e. The molecule has 0 atom stereocenters. The molecule has 0 amide bonds. The molecule has 0 radical (unpaired) electrons. The number of carbonyl (C=O) groups is 2. The Morgan fingerprint density at radius 3 is 1.41 bits per heavy atom. The van der Waals surface area contributed by atoms with Crippen molar-refractivity contribution in [2.45, 2.75) is 108 Å². The number of hydrogen-bond acceptors (Lipinski definition) is 4. The molecule has 0 unspecified atom stereocenters. The fourth-order valence-electron chi connectivity index (χ4n) is 2.92. The van der Waals surface area contributed by atoms with Gasteiger partial charge in [0.15, 0.2) is 0 Å². The Morgan fingerprint density at radius 2 is 1.04 bits per heavy atom. The minimum atomic E-state index is -0.762. The van der Waals surface area contributed by atoms with Crippen molar-refractivity contribution in [2.24, 2.45) is 0 Å². The van der Waals surface area contributed by atoms with Crippen molar-refractivity contribution < 1.29 is 19.8 Å². The largest absolute Gasteiger partial charge is 0.481 e. The standard InChI is InChI=1S/C21H40O4S2/c1-2-3-4-5-6-7-8-9-10-11-12-13-14-21(26-17-15-19(22)23)27-18-16-20(24)25/h21H,2-18H2,1H3,(H,22,23)(H,24,25). The van der Waals surface area contributed by atoms with Gasteiger partial charge in [0.2, 0.25) is 0 Å². The molecule has 6 heteroatoms. The lowest BCUT2D eigenvalue weighted by Crippen LogP contribution is -2.05. The molecule has 4 nitrogen and oxygen atoms in total. The number of hydrogen-bond donors (Lipinski definition) is 2. The van der Waals surface area contributed by atoms with E-state index in [1.165, 1.54) is 70.6 Å². The summed E-state index contributed by atoms with van der Waals surface area (Å²) in [4.78, 5) is 21.3. The first kappa shape index (κ1) is 26.6. The van der Waals surface area contributed by atoms with Crippen LogP contribution < -0.4 is 0 Å². The Labute approximate surface area is 174 Å². The quantitative estimate of drug-likeness (QED) is 0.157. The molecule has 0 aliphatic heterocycles. The predicted octanol–water partition coefficient (Wildman–Crippen LogP) is 6.82. The van der Waals surface area contributed by atoms with Gasteiger partial charge in [-0.05, 0) is 6.42 Å². The van der Waals surface area contributed by atoms with Crippen LogP contribution >= 0.6 is 23.5 Å². The van der Waals surface area contributed by atoms with Gasteiger partial charge in [-0.15, -0.1) is 23.5 Å². The van der Waals surface area contributed by atoms with E-state index in [0.717, 1.165) is 12.8 Å². The molecule has 0 saturated carbocycles. The molecule has 0 aromatic carbocycles. The normalized spacial score (nSPS) is 11.2. The minimum Gasteiger partial charge on any atom is -0.481 e. The average Bonchev–Trinajstić information content (AvgIpc) is 2.61. The van der Waals surface area contributed by atoms with Crippen molar-refractivity contribution in [3.63, 3.8) is 0 Å². The van der Waals surface area contributed by atoms with E-state index in [-0.39, 0.29) is 12.8 Å². The molecule has 2 N–H and O–H groups in total. The Bertz CT molecular complexity index is 344. The van der Waals surface area contributed by atoms with E-state index in [9.17, 15) is 9.59 Å². The first-order valence-corrected chi connectivity index (χ1v) is 12.8. The predicted molar refractivity (Wildman–Crippen MR) is 119 cm³/mol. The van der Waals surface area contributed by atoms with Gasteiger partial charge in [-0.1, -0.05) is 84.0 Å². The molecular formula is C21H40O4S2. The van der Waals surface area contributed by atoms with Crippen molar-refractivity contribution >= 4 is 35.5 Å². The van der Waals surface area contributed by atoms with Crippen molar-refractivity contribution in [1.29, 1.82) is 0 Å². The van der Waals surface area contributed by atoms with Crippen molar-refractivity contribution in [1.82, 2.24) is 0 Å². The molecule has 0 aromatic rings. The van der Waals surface area contributed by atoms with Crippen LogP contribution in [0.2, 0.25) is 0 Å².